The van der Waals surface area contributed by atoms with Crippen LogP contribution in [0.25, 0.3) is 0 Å². The van der Waals surface area contributed by atoms with E-state index in [4.69, 9.17) is 4.74 Å². The molecule has 1 aliphatic carbocycles. The van der Waals surface area contributed by atoms with E-state index < -0.39 is 0 Å². The first kappa shape index (κ1) is 19.7. The Morgan fingerprint density at radius 2 is 1.85 bits per heavy atom. The van der Waals surface area contributed by atoms with E-state index in [9.17, 15) is 9.59 Å². The molecule has 2 aliphatic rings. The smallest absolute Gasteiger partial charge is 0.254 e. The average molecular weight is 373 g/mol. The molecule has 1 aromatic rings. The maximum Gasteiger partial charge on any atom is 0.254 e. The van der Waals surface area contributed by atoms with Crippen LogP contribution in [-0.2, 0) is 4.79 Å². The number of nitrogens with one attached hydrogen (secondary N) is 1. The van der Waals surface area contributed by atoms with Gasteiger partial charge in [0.05, 0.1) is 12.6 Å². The van der Waals surface area contributed by atoms with Crippen LogP contribution >= 0.6 is 0 Å². The Kier molecular flexibility index (Phi) is 6.37. The lowest BCUT2D eigenvalue weighted by atomic mass is 10.1. The largest absolute Gasteiger partial charge is 0.493 e. The fourth-order valence-corrected chi connectivity index (χ4v) is 3.19. The van der Waals surface area contributed by atoms with Crippen LogP contribution in [0.1, 0.15) is 44.0 Å². The number of carbonyl (C=O) groups excluding carboxylic acids is 2. The van der Waals surface area contributed by atoms with E-state index in [1.54, 1.807) is 0 Å². The number of piperazine rings is 1. The van der Waals surface area contributed by atoms with Crippen molar-refractivity contribution in [2.45, 2.75) is 45.7 Å². The summed E-state index contributed by atoms with van der Waals surface area (Å²) >= 11 is 0. The van der Waals surface area contributed by atoms with Gasteiger partial charge in [-0.1, -0.05) is 19.9 Å². The number of hydrogen-bond donors (Lipinski definition) is 1. The van der Waals surface area contributed by atoms with Crippen LogP contribution in [0.2, 0.25) is 0 Å². The Balaban J connectivity index is 1.52. The number of ether oxygens (including phenoxy) is 1. The molecule has 3 rings (SSSR count). The van der Waals surface area contributed by atoms with Crippen LogP contribution in [0.5, 0.6) is 5.75 Å². The number of rotatable bonds is 7. The van der Waals surface area contributed by atoms with E-state index in [2.05, 4.69) is 24.1 Å². The molecule has 0 bridgehead atoms. The summed E-state index contributed by atoms with van der Waals surface area (Å²) in [4.78, 5) is 29.1. The van der Waals surface area contributed by atoms with Gasteiger partial charge in [0.15, 0.2) is 0 Å². The second-order valence-electron chi connectivity index (χ2n) is 8.02. The molecule has 1 atom stereocenters. The number of benzene rings is 1. The lowest BCUT2D eigenvalue weighted by Crippen LogP contribution is -2.55. The summed E-state index contributed by atoms with van der Waals surface area (Å²) in [5.41, 5.74) is 0.657. The highest BCUT2D eigenvalue weighted by molar-refractivity contribution is 5.94. The molecule has 1 saturated carbocycles. The Labute approximate surface area is 161 Å². The van der Waals surface area contributed by atoms with Crippen LogP contribution in [0.4, 0.5) is 0 Å². The molecule has 1 aromatic carbocycles. The summed E-state index contributed by atoms with van der Waals surface area (Å²) in [6.07, 6.45) is 2.20. The summed E-state index contributed by atoms with van der Waals surface area (Å²) in [6, 6.07) is 7.65. The van der Waals surface area contributed by atoms with Gasteiger partial charge in [0.2, 0.25) is 5.91 Å². The first-order valence-electron chi connectivity index (χ1n) is 10.0. The summed E-state index contributed by atoms with van der Waals surface area (Å²) in [5.74, 6) is 1.31. The molecule has 2 amide bonds. The summed E-state index contributed by atoms with van der Waals surface area (Å²) in [7, 11) is 0. The van der Waals surface area contributed by atoms with Crippen molar-refractivity contribution in [3.8, 4) is 5.75 Å². The molecule has 1 unspecified atom stereocenters. The van der Waals surface area contributed by atoms with Crippen molar-refractivity contribution >= 4 is 11.8 Å². The molecular weight excluding hydrogens is 342 g/mol. The average Bonchev–Trinajstić information content (AvgIpc) is 3.49. The minimum absolute atomic E-state index is 0.0275. The SMILES string of the molecule is CC(C)COc1cccc(C(=O)N2CCN(C(C)C(=O)NC3CC3)CC2)c1. The third-order valence-corrected chi connectivity index (χ3v) is 5.12. The van der Waals surface area contributed by atoms with Gasteiger partial charge in [-0.05, 0) is 43.9 Å². The zero-order valence-corrected chi connectivity index (χ0v) is 16.6. The van der Waals surface area contributed by atoms with Gasteiger partial charge in [-0.2, -0.15) is 0 Å². The van der Waals surface area contributed by atoms with E-state index >= 15 is 0 Å². The third-order valence-electron chi connectivity index (χ3n) is 5.12. The van der Waals surface area contributed by atoms with Crippen LogP contribution in [0.15, 0.2) is 24.3 Å². The Hall–Kier alpha value is -2.08. The van der Waals surface area contributed by atoms with E-state index in [1.807, 2.05) is 36.1 Å². The van der Waals surface area contributed by atoms with Gasteiger partial charge >= 0.3 is 0 Å². The van der Waals surface area contributed by atoms with Gasteiger partial charge < -0.3 is 15.0 Å². The lowest BCUT2D eigenvalue weighted by molar-refractivity contribution is -0.126. The molecule has 27 heavy (non-hydrogen) atoms. The van der Waals surface area contributed by atoms with Gasteiger partial charge in [-0.25, -0.2) is 0 Å². The zero-order valence-electron chi connectivity index (χ0n) is 16.6. The molecule has 1 N–H and O–H groups in total. The molecule has 1 saturated heterocycles. The van der Waals surface area contributed by atoms with Crippen LogP contribution in [0.3, 0.4) is 0 Å². The molecule has 0 radical (unpaired) electrons. The molecule has 148 valence electrons. The third kappa shape index (κ3) is 5.45. The highest BCUT2D eigenvalue weighted by atomic mass is 16.5. The lowest BCUT2D eigenvalue weighted by Gasteiger charge is -2.37. The molecular formula is C21H31N3O3. The van der Waals surface area contributed by atoms with Gasteiger partial charge in [0, 0.05) is 37.8 Å². The van der Waals surface area contributed by atoms with Gasteiger partial charge in [-0.15, -0.1) is 0 Å². The summed E-state index contributed by atoms with van der Waals surface area (Å²) in [6.45, 7) is 9.49. The van der Waals surface area contributed by atoms with Crippen molar-refractivity contribution in [1.82, 2.24) is 15.1 Å². The number of carbonyl (C=O) groups is 2. The summed E-state index contributed by atoms with van der Waals surface area (Å²) in [5, 5.41) is 3.06. The molecule has 6 nitrogen and oxygen atoms in total. The predicted molar refractivity (Wildman–Crippen MR) is 105 cm³/mol. The highest BCUT2D eigenvalue weighted by Gasteiger charge is 2.31. The first-order valence-corrected chi connectivity index (χ1v) is 10.0. The summed E-state index contributed by atoms with van der Waals surface area (Å²) < 4.78 is 5.73. The van der Waals surface area contributed by atoms with E-state index in [0.29, 0.717) is 50.3 Å². The quantitative estimate of drug-likeness (QED) is 0.796. The standard InChI is InChI=1S/C21H31N3O3/c1-15(2)14-27-19-6-4-5-17(13-19)21(26)24-11-9-23(10-12-24)16(3)20(25)22-18-7-8-18/h4-6,13,15-16,18H,7-12,14H2,1-3H3,(H,22,25). The van der Waals surface area contributed by atoms with Gasteiger partial charge in [0.25, 0.3) is 5.91 Å². The van der Waals surface area contributed by atoms with Crippen molar-refractivity contribution in [3.63, 3.8) is 0 Å². The topological polar surface area (TPSA) is 61.9 Å². The zero-order chi connectivity index (χ0) is 19.4. The normalized spacial score (nSPS) is 19.0. The number of nitrogens with zero attached hydrogens (tertiary/aromatic N) is 2. The minimum Gasteiger partial charge on any atom is -0.493 e. The monoisotopic (exact) mass is 373 g/mol. The molecule has 1 aliphatic heterocycles. The van der Waals surface area contributed by atoms with Crippen molar-refractivity contribution < 1.29 is 14.3 Å². The predicted octanol–water partition coefficient (Wildman–Crippen LogP) is 2.15. The van der Waals surface area contributed by atoms with E-state index in [0.717, 1.165) is 18.6 Å². The molecule has 2 fully saturated rings. The molecule has 0 aromatic heterocycles. The van der Waals surface area contributed by atoms with Gasteiger partial charge in [0.1, 0.15) is 5.75 Å². The van der Waals surface area contributed by atoms with Crippen LogP contribution in [-0.4, -0.2) is 66.5 Å². The van der Waals surface area contributed by atoms with Crippen molar-refractivity contribution in [1.29, 1.82) is 0 Å². The Morgan fingerprint density at radius 3 is 2.48 bits per heavy atom. The van der Waals surface area contributed by atoms with Crippen LogP contribution in [0, 0.1) is 5.92 Å². The molecule has 6 heteroatoms. The Bertz CT molecular complexity index is 664. The van der Waals surface area contributed by atoms with Crippen LogP contribution < -0.4 is 10.1 Å². The Morgan fingerprint density at radius 1 is 1.15 bits per heavy atom. The number of hydrogen-bond acceptors (Lipinski definition) is 4. The molecule has 1 heterocycles. The first-order chi connectivity index (χ1) is 12.9. The maximum absolute atomic E-state index is 12.8. The van der Waals surface area contributed by atoms with Crippen molar-refractivity contribution in [3.05, 3.63) is 29.8 Å². The second kappa shape index (κ2) is 8.74. The highest BCUT2D eigenvalue weighted by Crippen LogP contribution is 2.20. The minimum atomic E-state index is -0.143. The van der Waals surface area contributed by atoms with Crippen molar-refractivity contribution in [2.75, 3.05) is 32.8 Å². The molecule has 0 spiro atoms. The fourth-order valence-electron chi connectivity index (χ4n) is 3.19. The second-order valence-corrected chi connectivity index (χ2v) is 8.02. The van der Waals surface area contributed by atoms with E-state index in [-0.39, 0.29) is 17.9 Å². The fraction of sp³-hybridized carbons (Fsp3) is 0.619. The van der Waals surface area contributed by atoms with E-state index in [1.165, 1.54) is 0 Å². The number of amides is 2. The van der Waals surface area contributed by atoms with Gasteiger partial charge in [-0.3, -0.25) is 14.5 Å². The maximum atomic E-state index is 12.8. The van der Waals surface area contributed by atoms with Crippen molar-refractivity contribution in [2.24, 2.45) is 5.92 Å².